The standard InChI is InChI=1S/C15H21F3N4O/c1-11-4-3-5-12(10-11)13(23)20-8-9-22-14(19-2)21-7-6-15(16,17)18/h3-5,10H,6-9H2,1-2H3,(H,20,23)(H2,19,21,22). The second kappa shape index (κ2) is 9.02. The molecule has 5 nitrogen and oxygen atoms in total. The van der Waals surface area contributed by atoms with Gasteiger partial charge in [0.25, 0.3) is 5.91 Å². The maximum absolute atomic E-state index is 12.0. The fraction of sp³-hybridized carbons (Fsp3) is 0.467. The van der Waals surface area contributed by atoms with Gasteiger partial charge in [0.2, 0.25) is 0 Å². The molecule has 8 heteroatoms. The summed E-state index contributed by atoms with van der Waals surface area (Å²) < 4.78 is 36.1. The summed E-state index contributed by atoms with van der Waals surface area (Å²) in [5, 5.41) is 8.11. The van der Waals surface area contributed by atoms with E-state index >= 15 is 0 Å². The Labute approximate surface area is 133 Å². The number of carbonyl (C=O) groups excluding carboxylic acids is 1. The van der Waals surface area contributed by atoms with E-state index in [1.54, 1.807) is 18.2 Å². The Kier molecular flexibility index (Phi) is 7.37. The molecule has 0 aliphatic carbocycles. The maximum Gasteiger partial charge on any atom is 0.390 e. The maximum atomic E-state index is 12.0. The van der Waals surface area contributed by atoms with E-state index in [-0.39, 0.29) is 18.4 Å². The first-order valence-corrected chi connectivity index (χ1v) is 7.18. The lowest BCUT2D eigenvalue weighted by Crippen LogP contribution is -2.42. The number of aliphatic imine (C=N–C) groups is 1. The van der Waals surface area contributed by atoms with Crippen LogP contribution in [0.5, 0.6) is 0 Å². The highest BCUT2D eigenvalue weighted by Gasteiger charge is 2.26. The van der Waals surface area contributed by atoms with Gasteiger partial charge in [-0.05, 0) is 19.1 Å². The molecule has 1 aromatic carbocycles. The van der Waals surface area contributed by atoms with Gasteiger partial charge in [0.1, 0.15) is 0 Å². The summed E-state index contributed by atoms with van der Waals surface area (Å²) in [4.78, 5) is 15.7. The molecule has 3 N–H and O–H groups in total. The first kappa shape index (κ1) is 18.8. The molecule has 0 atom stereocenters. The van der Waals surface area contributed by atoms with Crippen LogP contribution in [0.1, 0.15) is 22.3 Å². The number of hydrogen-bond donors (Lipinski definition) is 3. The lowest BCUT2D eigenvalue weighted by atomic mass is 10.1. The molecule has 128 valence electrons. The van der Waals surface area contributed by atoms with E-state index < -0.39 is 12.6 Å². The van der Waals surface area contributed by atoms with Gasteiger partial charge < -0.3 is 16.0 Å². The molecular weight excluding hydrogens is 309 g/mol. The summed E-state index contributed by atoms with van der Waals surface area (Å²) in [6.45, 7) is 2.32. The molecule has 0 saturated carbocycles. The summed E-state index contributed by atoms with van der Waals surface area (Å²) in [5.41, 5.74) is 1.56. The molecule has 0 saturated heterocycles. The quantitative estimate of drug-likeness (QED) is 0.424. The molecule has 0 heterocycles. The fourth-order valence-electron chi connectivity index (χ4n) is 1.79. The van der Waals surface area contributed by atoms with Gasteiger partial charge in [-0.1, -0.05) is 17.7 Å². The van der Waals surface area contributed by atoms with Gasteiger partial charge in [0, 0.05) is 32.2 Å². The predicted molar refractivity (Wildman–Crippen MR) is 83.5 cm³/mol. The van der Waals surface area contributed by atoms with Crippen molar-refractivity contribution in [3.05, 3.63) is 35.4 Å². The fourth-order valence-corrected chi connectivity index (χ4v) is 1.79. The average Bonchev–Trinajstić information content (AvgIpc) is 2.48. The van der Waals surface area contributed by atoms with Crippen LogP contribution in [0.2, 0.25) is 0 Å². The topological polar surface area (TPSA) is 65.5 Å². The Morgan fingerprint density at radius 3 is 2.39 bits per heavy atom. The summed E-state index contributed by atoms with van der Waals surface area (Å²) in [7, 11) is 1.47. The molecule has 0 aliphatic heterocycles. The summed E-state index contributed by atoms with van der Waals surface area (Å²) in [6.07, 6.45) is -5.13. The van der Waals surface area contributed by atoms with Crippen LogP contribution < -0.4 is 16.0 Å². The van der Waals surface area contributed by atoms with Crippen LogP contribution in [0.15, 0.2) is 29.3 Å². The van der Waals surface area contributed by atoms with E-state index in [1.165, 1.54) is 7.05 Å². The lowest BCUT2D eigenvalue weighted by Gasteiger charge is -2.13. The number of nitrogens with one attached hydrogen (secondary N) is 3. The molecular formula is C15H21F3N4O. The first-order chi connectivity index (χ1) is 10.8. The van der Waals surface area contributed by atoms with Crippen molar-refractivity contribution in [3.8, 4) is 0 Å². The van der Waals surface area contributed by atoms with Crippen molar-refractivity contribution in [2.24, 2.45) is 4.99 Å². The number of guanidine groups is 1. The monoisotopic (exact) mass is 330 g/mol. The van der Waals surface area contributed by atoms with Crippen molar-refractivity contribution < 1.29 is 18.0 Å². The molecule has 0 fully saturated rings. The second-order valence-corrected chi connectivity index (χ2v) is 4.92. The van der Waals surface area contributed by atoms with Crippen LogP contribution in [0.4, 0.5) is 13.2 Å². The van der Waals surface area contributed by atoms with E-state index in [2.05, 4.69) is 20.9 Å². The van der Waals surface area contributed by atoms with E-state index in [0.717, 1.165) is 5.56 Å². The number of aryl methyl sites for hydroxylation is 1. The Morgan fingerprint density at radius 1 is 1.13 bits per heavy atom. The number of hydrogen-bond acceptors (Lipinski definition) is 2. The van der Waals surface area contributed by atoms with Gasteiger partial charge in [-0.2, -0.15) is 13.2 Å². The van der Waals surface area contributed by atoms with Crippen LogP contribution in [-0.2, 0) is 0 Å². The van der Waals surface area contributed by atoms with Crippen LogP contribution in [0, 0.1) is 6.92 Å². The predicted octanol–water partition coefficient (Wildman–Crippen LogP) is 1.84. The zero-order valence-electron chi connectivity index (χ0n) is 13.1. The highest BCUT2D eigenvalue weighted by atomic mass is 19.4. The molecule has 1 amide bonds. The minimum atomic E-state index is -4.20. The lowest BCUT2D eigenvalue weighted by molar-refractivity contribution is -0.132. The number of alkyl halides is 3. The van der Waals surface area contributed by atoms with Crippen molar-refractivity contribution in [1.29, 1.82) is 0 Å². The number of nitrogens with zero attached hydrogens (tertiary/aromatic N) is 1. The Bertz CT molecular complexity index is 544. The third-order valence-electron chi connectivity index (χ3n) is 2.91. The molecule has 1 aromatic rings. The van der Waals surface area contributed by atoms with Crippen LogP contribution in [-0.4, -0.2) is 44.7 Å². The highest BCUT2D eigenvalue weighted by molar-refractivity contribution is 5.94. The number of rotatable bonds is 6. The zero-order valence-corrected chi connectivity index (χ0v) is 13.1. The molecule has 1 rings (SSSR count). The Balaban J connectivity index is 2.26. The van der Waals surface area contributed by atoms with Gasteiger partial charge in [-0.15, -0.1) is 0 Å². The molecule has 0 aromatic heterocycles. The SMILES string of the molecule is CN=C(NCCNC(=O)c1cccc(C)c1)NCCC(F)(F)F. The summed E-state index contributed by atoms with van der Waals surface area (Å²) in [6, 6.07) is 7.19. The number of benzene rings is 1. The minimum Gasteiger partial charge on any atom is -0.356 e. The van der Waals surface area contributed by atoms with Gasteiger partial charge in [0.15, 0.2) is 5.96 Å². The van der Waals surface area contributed by atoms with Crippen LogP contribution in [0.3, 0.4) is 0 Å². The third kappa shape index (κ3) is 8.08. The Morgan fingerprint density at radius 2 is 1.78 bits per heavy atom. The summed E-state index contributed by atoms with van der Waals surface area (Å²) in [5.74, 6) is 0.0644. The van der Waals surface area contributed by atoms with Crippen molar-refractivity contribution >= 4 is 11.9 Å². The molecule has 0 unspecified atom stereocenters. The van der Waals surface area contributed by atoms with Crippen LogP contribution >= 0.6 is 0 Å². The zero-order chi connectivity index (χ0) is 17.3. The summed E-state index contributed by atoms with van der Waals surface area (Å²) >= 11 is 0. The van der Waals surface area contributed by atoms with E-state index in [9.17, 15) is 18.0 Å². The number of amides is 1. The van der Waals surface area contributed by atoms with Crippen molar-refractivity contribution in [1.82, 2.24) is 16.0 Å². The minimum absolute atomic E-state index is 0.199. The first-order valence-electron chi connectivity index (χ1n) is 7.18. The second-order valence-electron chi connectivity index (χ2n) is 4.92. The normalized spacial score (nSPS) is 12.0. The van der Waals surface area contributed by atoms with E-state index in [4.69, 9.17) is 0 Å². The van der Waals surface area contributed by atoms with Crippen molar-refractivity contribution in [3.63, 3.8) is 0 Å². The smallest absolute Gasteiger partial charge is 0.356 e. The largest absolute Gasteiger partial charge is 0.390 e. The third-order valence-corrected chi connectivity index (χ3v) is 2.91. The molecule has 23 heavy (non-hydrogen) atoms. The van der Waals surface area contributed by atoms with Gasteiger partial charge in [-0.3, -0.25) is 9.79 Å². The molecule has 0 spiro atoms. The molecule has 0 aliphatic rings. The van der Waals surface area contributed by atoms with Crippen molar-refractivity contribution in [2.75, 3.05) is 26.7 Å². The Hall–Kier alpha value is -2.25. The highest BCUT2D eigenvalue weighted by Crippen LogP contribution is 2.17. The van der Waals surface area contributed by atoms with E-state index in [0.29, 0.717) is 18.7 Å². The average molecular weight is 330 g/mol. The van der Waals surface area contributed by atoms with Gasteiger partial charge >= 0.3 is 6.18 Å². The van der Waals surface area contributed by atoms with Gasteiger partial charge in [-0.25, -0.2) is 0 Å². The molecule has 0 radical (unpaired) electrons. The van der Waals surface area contributed by atoms with Gasteiger partial charge in [0.05, 0.1) is 6.42 Å². The number of halogens is 3. The molecule has 0 bridgehead atoms. The van der Waals surface area contributed by atoms with Crippen molar-refractivity contribution in [2.45, 2.75) is 19.5 Å². The number of carbonyl (C=O) groups is 1. The van der Waals surface area contributed by atoms with Crippen LogP contribution in [0.25, 0.3) is 0 Å². The van der Waals surface area contributed by atoms with E-state index in [1.807, 2.05) is 13.0 Å².